The molecule has 1 nitrogen and oxygen atoms in total. The zero-order valence-electron chi connectivity index (χ0n) is 9.90. The number of quaternary nitrogens is 1. The fourth-order valence-corrected chi connectivity index (χ4v) is 1.79. The molecule has 2 aromatic rings. The highest BCUT2D eigenvalue weighted by atomic mass is 15.1. The molecule has 0 heterocycles. The summed E-state index contributed by atoms with van der Waals surface area (Å²) in [7, 11) is 4.29. The zero-order valence-corrected chi connectivity index (χ0v) is 9.90. The molecule has 1 N–H and O–H groups in total. The third-order valence-corrected chi connectivity index (χ3v) is 2.78. The summed E-state index contributed by atoms with van der Waals surface area (Å²) in [5.74, 6) is 0. The summed E-state index contributed by atoms with van der Waals surface area (Å²) in [5.41, 5.74) is 4.07. The van der Waals surface area contributed by atoms with Crippen LogP contribution in [-0.4, -0.2) is 14.1 Å². The maximum atomic E-state index is 2.22. The normalized spacial score (nSPS) is 10.7. The van der Waals surface area contributed by atoms with E-state index in [1.807, 2.05) is 0 Å². The average Bonchev–Trinajstić information content (AvgIpc) is 2.31. The van der Waals surface area contributed by atoms with Gasteiger partial charge in [0.2, 0.25) is 0 Å². The molecule has 2 aromatic carbocycles. The molecule has 0 atom stereocenters. The van der Waals surface area contributed by atoms with E-state index < -0.39 is 0 Å². The molecular formula is C15H18N+. The van der Waals surface area contributed by atoms with E-state index in [2.05, 4.69) is 68.7 Å². The summed E-state index contributed by atoms with van der Waals surface area (Å²) in [6, 6.07) is 19.4. The van der Waals surface area contributed by atoms with E-state index in [0.29, 0.717) is 0 Å². The van der Waals surface area contributed by atoms with Gasteiger partial charge < -0.3 is 4.90 Å². The van der Waals surface area contributed by atoms with Crippen molar-refractivity contribution in [3.8, 4) is 0 Å². The van der Waals surface area contributed by atoms with Crippen LogP contribution < -0.4 is 4.90 Å². The van der Waals surface area contributed by atoms with Crippen molar-refractivity contribution >= 4 is 5.69 Å². The largest absolute Gasteiger partial charge is 0.307 e. The van der Waals surface area contributed by atoms with Crippen molar-refractivity contribution in [2.45, 2.75) is 6.42 Å². The van der Waals surface area contributed by atoms with Crippen molar-refractivity contribution in [3.63, 3.8) is 0 Å². The lowest BCUT2D eigenvalue weighted by Gasteiger charge is -2.07. The minimum Gasteiger partial charge on any atom is -0.307 e. The zero-order chi connectivity index (χ0) is 11.4. The first-order chi connectivity index (χ1) is 7.75. The van der Waals surface area contributed by atoms with E-state index in [-0.39, 0.29) is 0 Å². The van der Waals surface area contributed by atoms with Crippen LogP contribution >= 0.6 is 0 Å². The molecule has 0 saturated carbocycles. The second kappa shape index (κ2) is 4.95. The van der Waals surface area contributed by atoms with Crippen LogP contribution in [0.1, 0.15) is 11.1 Å². The first-order valence-corrected chi connectivity index (χ1v) is 5.69. The number of rotatable bonds is 3. The molecule has 0 saturated heterocycles. The molecule has 0 aromatic heterocycles. The summed E-state index contributed by atoms with van der Waals surface area (Å²) >= 11 is 0. The van der Waals surface area contributed by atoms with Gasteiger partial charge in [0.25, 0.3) is 0 Å². The minimum atomic E-state index is 1.02. The van der Waals surface area contributed by atoms with Gasteiger partial charge in [0, 0.05) is 0 Å². The van der Waals surface area contributed by atoms with Gasteiger partial charge >= 0.3 is 0 Å². The van der Waals surface area contributed by atoms with Gasteiger partial charge in [-0.05, 0) is 29.7 Å². The number of nitrogens with one attached hydrogen (secondary N) is 1. The van der Waals surface area contributed by atoms with E-state index in [9.17, 15) is 0 Å². The molecule has 1 heteroatoms. The van der Waals surface area contributed by atoms with Gasteiger partial charge in [0.05, 0.1) is 14.1 Å². The Bertz CT molecular complexity index is 429. The molecule has 0 aliphatic rings. The Labute approximate surface area is 97.3 Å². The molecule has 0 fully saturated rings. The van der Waals surface area contributed by atoms with Crippen molar-refractivity contribution < 1.29 is 4.90 Å². The maximum Gasteiger partial charge on any atom is 0.130 e. The molecule has 0 aliphatic carbocycles. The Morgan fingerprint density at radius 2 is 1.31 bits per heavy atom. The van der Waals surface area contributed by atoms with Crippen LogP contribution in [-0.2, 0) is 6.42 Å². The van der Waals surface area contributed by atoms with E-state index in [0.717, 1.165) is 6.42 Å². The van der Waals surface area contributed by atoms with Crippen LogP contribution in [0.3, 0.4) is 0 Å². The Balaban J connectivity index is 2.11. The molecule has 0 bridgehead atoms. The van der Waals surface area contributed by atoms with E-state index in [4.69, 9.17) is 0 Å². The third kappa shape index (κ3) is 2.71. The van der Waals surface area contributed by atoms with Crippen molar-refractivity contribution in [3.05, 3.63) is 65.7 Å². The maximum absolute atomic E-state index is 2.22. The van der Waals surface area contributed by atoms with E-state index in [1.54, 1.807) is 0 Å². The molecule has 0 amide bonds. The van der Waals surface area contributed by atoms with Gasteiger partial charge in [-0.25, -0.2) is 0 Å². The summed E-state index contributed by atoms with van der Waals surface area (Å²) in [6.07, 6.45) is 1.02. The lowest BCUT2D eigenvalue weighted by molar-refractivity contribution is -0.786. The van der Waals surface area contributed by atoms with E-state index >= 15 is 0 Å². The van der Waals surface area contributed by atoms with Crippen molar-refractivity contribution in [1.82, 2.24) is 0 Å². The van der Waals surface area contributed by atoms with Crippen molar-refractivity contribution in [2.24, 2.45) is 0 Å². The minimum absolute atomic E-state index is 1.02. The predicted octanol–water partition coefficient (Wildman–Crippen LogP) is 2.05. The summed E-state index contributed by atoms with van der Waals surface area (Å²) in [6.45, 7) is 0. The average molecular weight is 212 g/mol. The van der Waals surface area contributed by atoms with Crippen LogP contribution in [0.15, 0.2) is 54.6 Å². The Morgan fingerprint density at radius 3 is 1.88 bits per heavy atom. The molecule has 16 heavy (non-hydrogen) atoms. The van der Waals surface area contributed by atoms with Gasteiger partial charge in [-0.15, -0.1) is 0 Å². The molecule has 0 radical (unpaired) electrons. The first kappa shape index (κ1) is 10.9. The second-order valence-corrected chi connectivity index (χ2v) is 4.36. The molecule has 82 valence electrons. The van der Waals surface area contributed by atoms with E-state index in [1.165, 1.54) is 21.7 Å². The standard InChI is InChI=1S/C15H17N/c1-16(2)15-10-8-14(9-11-15)12-13-6-4-3-5-7-13/h3-11H,12H2,1-2H3/p+1. The lowest BCUT2D eigenvalue weighted by Crippen LogP contribution is -3.00. The van der Waals surface area contributed by atoms with Gasteiger partial charge in [-0.2, -0.15) is 0 Å². The van der Waals surface area contributed by atoms with Gasteiger partial charge in [-0.1, -0.05) is 42.5 Å². The predicted molar refractivity (Wildman–Crippen MR) is 68.2 cm³/mol. The fraction of sp³-hybridized carbons (Fsp3) is 0.200. The monoisotopic (exact) mass is 212 g/mol. The van der Waals surface area contributed by atoms with Gasteiger partial charge in [0.15, 0.2) is 0 Å². The summed E-state index contributed by atoms with van der Waals surface area (Å²) in [5, 5.41) is 0. The first-order valence-electron chi connectivity index (χ1n) is 5.69. The second-order valence-electron chi connectivity index (χ2n) is 4.36. The summed E-state index contributed by atoms with van der Waals surface area (Å²) in [4.78, 5) is 1.37. The smallest absolute Gasteiger partial charge is 0.130 e. The topological polar surface area (TPSA) is 4.44 Å². The fourth-order valence-electron chi connectivity index (χ4n) is 1.79. The molecular weight excluding hydrogens is 194 g/mol. The Morgan fingerprint density at radius 1 is 0.750 bits per heavy atom. The number of hydrogen-bond donors (Lipinski definition) is 1. The summed E-state index contributed by atoms with van der Waals surface area (Å²) < 4.78 is 0. The SMILES string of the molecule is C[NH+](C)c1ccc(Cc2ccccc2)cc1. The van der Waals surface area contributed by atoms with Gasteiger partial charge in [0.1, 0.15) is 5.69 Å². The molecule has 0 spiro atoms. The van der Waals surface area contributed by atoms with Crippen LogP contribution in [0, 0.1) is 0 Å². The van der Waals surface area contributed by atoms with Crippen LogP contribution in [0.4, 0.5) is 5.69 Å². The highest BCUT2D eigenvalue weighted by Crippen LogP contribution is 2.10. The Hall–Kier alpha value is -1.60. The Kier molecular flexibility index (Phi) is 3.37. The van der Waals surface area contributed by atoms with Crippen LogP contribution in [0.2, 0.25) is 0 Å². The molecule has 2 rings (SSSR count). The number of hydrogen-bond acceptors (Lipinski definition) is 0. The quantitative estimate of drug-likeness (QED) is 0.794. The van der Waals surface area contributed by atoms with Crippen molar-refractivity contribution in [2.75, 3.05) is 14.1 Å². The highest BCUT2D eigenvalue weighted by molar-refractivity contribution is 5.34. The van der Waals surface area contributed by atoms with Crippen LogP contribution in [0.25, 0.3) is 0 Å². The van der Waals surface area contributed by atoms with Gasteiger partial charge in [-0.3, -0.25) is 0 Å². The van der Waals surface area contributed by atoms with Crippen LogP contribution in [0.5, 0.6) is 0 Å². The number of benzene rings is 2. The third-order valence-electron chi connectivity index (χ3n) is 2.78. The molecule has 0 unspecified atom stereocenters. The highest BCUT2D eigenvalue weighted by Gasteiger charge is 2.00. The molecule has 0 aliphatic heterocycles. The lowest BCUT2D eigenvalue weighted by atomic mass is 10.0. The van der Waals surface area contributed by atoms with Crippen molar-refractivity contribution in [1.29, 1.82) is 0 Å².